The molecule has 9 nitrogen and oxygen atoms in total. The summed E-state index contributed by atoms with van der Waals surface area (Å²) in [5.41, 5.74) is 3.20. The van der Waals surface area contributed by atoms with Crippen LogP contribution in [0.4, 0.5) is 0 Å². The van der Waals surface area contributed by atoms with E-state index in [4.69, 9.17) is 5.10 Å². The number of piperidine rings is 1. The van der Waals surface area contributed by atoms with Gasteiger partial charge in [-0.05, 0) is 43.7 Å². The second-order valence-corrected chi connectivity index (χ2v) is 9.24. The highest BCUT2D eigenvalue weighted by Crippen LogP contribution is 2.30. The van der Waals surface area contributed by atoms with E-state index in [1.165, 1.54) is 22.4 Å². The average Bonchev–Trinajstić information content (AvgIpc) is 3.39. The van der Waals surface area contributed by atoms with Gasteiger partial charge in [-0.2, -0.15) is 13.9 Å². The first-order valence-electron chi connectivity index (χ1n) is 9.24. The van der Waals surface area contributed by atoms with Gasteiger partial charge in [-0.3, -0.25) is 0 Å². The van der Waals surface area contributed by atoms with E-state index in [-0.39, 0.29) is 10.9 Å². The summed E-state index contributed by atoms with van der Waals surface area (Å²) in [6, 6.07) is 2.09. The van der Waals surface area contributed by atoms with Crippen molar-refractivity contribution in [3.63, 3.8) is 0 Å². The van der Waals surface area contributed by atoms with Gasteiger partial charge >= 0.3 is 0 Å². The van der Waals surface area contributed by atoms with Crippen molar-refractivity contribution in [2.24, 2.45) is 7.05 Å². The summed E-state index contributed by atoms with van der Waals surface area (Å²) < 4.78 is 30.5. The Bertz CT molecular complexity index is 1110. The van der Waals surface area contributed by atoms with Gasteiger partial charge in [0.05, 0.1) is 12.0 Å². The molecule has 0 saturated carbocycles. The Morgan fingerprint density at radius 1 is 1.15 bits per heavy atom. The fourth-order valence-corrected chi connectivity index (χ4v) is 5.49. The number of nitrogens with zero attached hydrogens (tertiary/aromatic N) is 7. The van der Waals surface area contributed by atoms with Crippen molar-refractivity contribution < 1.29 is 8.42 Å². The fourth-order valence-electron chi connectivity index (χ4n) is 4.06. The van der Waals surface area contributed by atoms with E-state index in [9.17, 15) is 8.42 Å². The lowest BCUT2D eigenvalue weighted by molar-refractivity contribution is 0.310. The van der Waals surface area contributed by atoms with Gasteiger partial charge in [0.15, 0.2) is 16.5 Å². The molecule has 1 saturated heterocycles. The van der Waals surface area contributed by atoms with E-state index in [2.05, 4.69) is 21.2 Å². The smallest absolute Gasteiger partial charge is 0.262 e. The monoisotopic (exact) mass is 387 g/mol. The first-order chi connectivity index (χ1) is 13.0. The molecule has 0 aromatic carbocycles. The molecule has 0 unspecified atom stereocenters. The molecule has 0 atom stereocenters. The molecular weight excluding hydrogens is 366 g/mol. The van der Waals surface area contributed by atoms with Crippen molar-refractivity contribution in [2.45, 2.75) is 43.0 Å². The molecule has 5 rings (SSSR count). The van der Waals surface area contributed by atoms with Crippen LogP contribution >= 0.6 is 0 Å². The third-order valence-corrected chi connectivity index (χ3v) is 7.33. The molecule has 3 aromatic heterocycles. The van der Waals surface area contributed by atoms with Crippen molar-refractivity contribution in [3.05, 3.63) is 35.7 Å². The Balaban J connectivity index is 1.37. The Morgan fingerprint density at radius 2 is 1.96 bits per heavy atom. The van der Waals surface area contributed by atoms with Gasteiger partial charge in [0, 0.05) is 32.3 Å². The van der Waals surface area contributed by atoms with Crippen molar-refractivity contribution in [1.82, 2.24) is 33.7 Å². The van der Waals surface area contributed by atoms with Crippen molar-refractivity contribution >= 4 is 15.7 Å². The molecule has 4 heterocycles. The van der Waals surface area contributed by atoms with E-state index in [1.807, 2.05) is 4.52 Å². The lowest BCUT2D eigenvalue weighted by atomic mass is 9.97. The zero-order valence-electron chi connectivity index (χ0n) is 15.1. The first kappa shape index (κ1) is 16.8. The molecule has 1 aliphatic carbocycles. The van der Waals surface area contributed by atoms with Crippen LogP contribution < -0.4 is 0 Å². The topological polar surface area (TPSA) is 98.3 Å². The molecule has 142 valence electrons. The van der Waals surface area contributed by atoms with Gasteiger partial charge in [0.1, 0.15) is 0 Å². The number of aromatic nitrogens is 6. The number of rotatable bonds is 3. The zero-order valence-corrected chi connectivity index (χ0v) is 15.9. The Labute approximate surface area is 157 Å². The predicted octanol–water partition coefficient (Wildman–Crippen LogP) is 0.915. The summed E-state index contributed by atoms with van der Waals surface area (Å²) >= 11 is 0. The summed E-state index contributed by atoms with van der Waals surface area (Å²) in [6.07, 6.45) is 7.65. The SMILES string of the molecule is Cn1cnc(S(=O)(=O)N2CCC(c3nnc4cc5c(nn34)CCC5)CC2)c1. The molecule has 1 fully saturated rings. The average molecular weight is 387 g/mol. The Hall–Kier alpha value is -2.33. The number of aryl methyl sites for hydroxylation is 3. The molecule has 0 radical (unpaired) electrons. The Morgan fingerprint density at radius 3 is 2.70 bits per heavy atom. The van der Waals surface area contributed by atoms with Gasteiger partial charge in [0.25, 0.3) is 10.0 Å². The quantitative estimate of drug-likeness (QED) is 0.663. The molecular formula is C17H21N7O2S. The molecule has 10 heteroatoms. The largest absolute Gasteiger partial charge is 0.339 e. The van der Waals surface area contributed by atoms with Gasteiger partial charge in [-0.15, -0.1) is 10.2 Å². The minimum absolute atomic E-state index is 0.105. The summed E-state index contributed by atoms with van der Waals surface area (Å²) in [7, 11) is -1.78. The van der Waals surface area contributed by atoms with Crippen molar-refractivity contribution in [1.29, 1.82) is 0 Å². The normalized spacial score (nSPS) is 19.0. The second kappa shape index (κ2) is 6.10. The summed E-state index contributed by atoms with van der Waals surface area (Å²) in [5.74, 6) is 0.997. The number of imidazole rings is 1. The zero-order chi connectivity index (χ0) is 18.6. The lowest BCUT2D eigenvalue weighted by Gasteiger charge is -2.29. The second-order valence-electron chi connectivity index (χ2n) is 7.35. The standard InChI is InChI=1S/C17H21N7O2S/c1-22-10-16(18-11-22)27(25,26)23-7-5-12(6-8-23)17-20-19-15-9-13-3-2-4-14(13)21-24(15)17/h9-12H,2-8H2,1H3. The highest BCUT2D eigenvalue weighted by Gasteiger charge is 2.33. The van der Waals surface area contributed by atoms with Crippen LogP contribution in [0.3, 0.4) is 0 Å². The van der Waals surface area contributed by atoms with Crippen molar-refractivity contribution in [3.8, 4) is 0 Å². The van der Waals surface area contributed by atoms with Crippen LogP contribution in [-0.2, 0) is 29.9 Å². The van der Waals surface area contributed by atoms with Crippen LogP contribution in [0.2, 0.25) is 0 Å². The molecule has 0 N–H and O–H groups in total. The van der Waals surface area contributed by atoms with E-state index in [1.54, 1.807) is 11.6 Å². The number of sulfonamides is 1. The van der Waals surface area contributed by atoms with Crippen LogP contribution in [0.15, 0.2) is 23.6 Å². The van der Waals surface area contributed by atoms with E-state index < -0.39 is 10.0 Å². The van der Waals surface area contributed by atoms with Crippen LogP contribution in [-0.4, -0.2) is 55.2 Å². The van der Waals surface area contributed by atoms with Crippen LogP contribution in [0.1, 0.15) is 42.3 Å². The third kappa shape index (κ3) is 2.74. The Kier molecular flexibility index (Phi) is 3.80. The molecule has 0 spiro atoms. The fraction of sp³-hybridized carbons (Fsp3) is 0.529. The number of hydrogen-bond donors (Lipinski definition) is 0. The van der Waals surface area contributed by atoms with Crippen molar-refractivity contribution in [2.75, 3.05) is 13.1 Å². The third-order valence-electron chi connectivity index (χ3n) is 5.55. The highest BCUT2D eigenvalue weighted by atomic mass is 32.2. The molecule has 2 aliphatic rings. The molecule has 3 aromatic rings. The van der Waals surface area contributed by atoms with Crippen LogP contribution in [0, 0.1) is 0 Å². The number of fused-ring (bicyclic) bond motifs is 2. The maximum atomic E-state index is 12.7. The van der Waals surface area contributed by atoms with Crippen LogP contribution in [0.5, 0.6) is 0 Å². The van der Waals surface area contributed by atoms with E-state index >= 15 is 0 Å². The molecule has 27 heavy (non-hydrogen) atoms. The maximum Gasteiger partial charge on any atom is 0.262 e. The van der Waals surface area contributed by atoms with Gasteiger partial charge in [-0.25, -0.2) is 13.4 Å². The van der Waals surface area contributed by atoms with E-state index in [0.717, 1.165) is 36.4 Å². The van der Waals surface area contributed by atoms with E-state index in [0.29, 0.717) is 25.9 Å². The lowest BCUT2D eigenvalue weighted by Crippen LogP contribution is -2.38. The molecule has 1 aliphatic heterocycles. The number of hydrogen-bond acceptors (Lipinski definition) is 6. The molecule has 0 amide bonds. The van der Waals surface area contributed by atoms with Gasteiger partial charge in [0.2, 0.25) is 0 Å². The first-order valence-corrected chi connectivity index (χ1v) is 10.7. The maximum absolute atomic E-state index is 12.7. The minimum Gasteiger partial charge on any atom is -0.339 e. The highest BCUT2D eigenvalue weighted by molar-refractivity contribution is 7.89. The van der Waals surface area contributed by atoms with Gasteiger partial charge in [-0.1, -0.05) is 0 Å². The summed E-state index contributed by atoms with van der Waals surface area (Å²) in [5, 5.41) is 13.5. The predicted molar refractivity (Wildman–Crippen MR) is 96.7 cm³/mol. The molecule has 0 bridgehead atoms. The van der Waals surface area contributed by atoms with Gasteiger partial charge < -0.3 is 4.57 Å². The summed E-state index contributed by atoms with van der Waals surface area (Å²) in [6.45, 7) is 0.896. The minimum atomic E-state index is -3.54. The van der Waals surface area contributed by atoms with Crippen LogP contribution in [0.25, 0.3) is 5.65 Å². The summed E-state index contributed by atoms with van der Waals surface area (Å²) in [4.78, 5) is 4.00.